The van der Waals surface area contributed by atoms with Gasteiger partial charge in [0.25, 0.3) is 22.6 Å². The van der Waals surface area contributed by atoms with E-state index in [-0.39, 0.29) is 0 Å². The summed E-state index contributed by atoms with van der Waals surface area (Å²) in [6, 6.07) is 8.17. The Balaban J connectivity index is 1.90. The Kier molecular flexibility index (Phi) is 5.38. The molecule has 0 aliphatic carbocycles. The maximum atomic E-state index is 9.21. The summed E-state index contributed by atoms with van der Waals surface area (Å²) in [6.07, 6.45) is 4.71. The summed E-state index contributed by atoms with van der Waals surface area (Å²) in [6.45, 7) is 3.47. The average molecular weight is 448 g/mol. The Labute approximate surface area is 160 Å². The van der Waals surface area contributed by atoms with Gasteiger partial charge in [0.05, 0.1) is 24.5 Å². The first-order chi connectivity index (χ1) is 12.1. The molecule has 1 aliphatic rings. The van der Waals surface area contributed by atoms with Crippen LogP contribution in [0.1, 0.15) is 36.3 Å². The van der Waals surface area contributed by atoms with E-state index in [0.717, 1.165) is 45.7 Å². The van der Waals surface area contributed by atoms with Crippen molar-refractivity contribution in [3.8, 4) is 6.07 Å². The topological polar surface area (TPSA) is 91.4 Å². The number of aromatic nitrogens is 1. The van der Waals surface area contributed by atoms with E-state index in [1.165, 1.54) is 6.34 Å². The van der Waals surface area contributed by atoms with Crippen LogP contribution in [0.4, 0.5) is 5.69 Å². The van der Waals surface area contributed by atoms with E-state index in [0.29, 0.717) is 18.0 Å². The van der Waals surface area contributed by atoms with Gasteiger partial charge in [-0.1, -0.05) is 0 Å². The number of hydrogen-bond donors (Lipinski definition) is 1. The molecule has 7 heteroatoms. The van der Waals surface area contributed by atoms with Crippen LogP contribution >= 0.6 is 0 Å². The van der Waals surface area contributed by atoms with Crippen LogP contribution < -0.4 is 33.2 Å². The van der Waals surface area contributed by atoms with Crippen LogP contribution in [0.15, 0.2) is 33.8 Å². The lowest BCUT2D eigenvalue weighted by Gasteiger charge is -2.22. The van der Waals surface area contributed by atoms with E-state index in [4.69, 9.17) is 10.2 Å². The van der Waals surface area contributed by atoms with Gasteiger partial charge in [0.2, 0.25) is 5.89 Å². The van der Waals surface area contributed by atoms with Crippen LogP contribution in [0.3, 0.4) is 0 Å². The van der Waals surface area contributed by atoms with Crippen molar-refractivity contribution in [1.82, 2.24) is 4.98 Å². The smallest absolute Gasteiger partial charge is 0.296 e. The molecule has 0 atom stereocenters. The first kappa shape index (κ1) is 17.5. The molecule has 1 aromatic heterocycles. The second-order valence-electron chi connectivity index (χ2n) is 5.85. The molecule has 0 spiro atoms. The number of anilines is 1. The molecule has 3 rings (SSSR count). The number of rotatable bonds is 3. The van der Waals surface area contributed by atoms with Gasteiger partial charge in [-0.2, -0.15) is 5.26 Å². The molecule has 128 valence electrons. The second kappa shape index (κ2) is 7.70. The lowest BCUT2D eigenvalue weighted by Crippen LogP contribution is -3.34. The molecule has 2 N–H and O–H groups in total. The summed E-state index contributed by atoms with van der Waals surface area (Å²) < 4.78 is 7.02. The monoisotopic (exact) mass is 448 g/mol. The molecule has 25 heavy (non-hydrogen) atoms. The van der Waals surface area contributed by atoms with Crippen molar-refractivity contribution < 1.29 is 27.0 Å². The molecule has 1 aliphatic heterocycles. The fourth-order valence-electron chi connectivity index (χ4n) is 2.82. The van der Waals surface area contributed by atoms with E-state index in [1.807, 2.05) is 41.6 Å². The van der Waals surface area contributed by atoms with Gasteiger partial charge in [-0.3, -0.25) is 0 Å². The Morgan fingerprint density at radius 2 is 2.32 bits per heavy atom. The third kappa shape index (κ3) is 4.02. The molecule has 0 radical (unpaired) electrons. The number of benzene rings is 1. The number of aryl methyl sites for hydroxylation is 1. The van der Waals surface area contributed by atoms with Gasteiger partial charge in [0, 0.05) is 42.6 Å². The minimum absolute atomic E-state index is 0.583. The van der Waals surface area contributed by atoms with Crippen molar-refractivity contribution >= 4 is 17.6 Å². The number of nitrogens with two attached hydrogens (primary N) is 1. The maximum absolute atomic E-state index is 9.21. The quantitative estimate of drug-likeness (QED) is 0.381. The molecule has 0 unspecified atom stereocenters. The van der Waals surface area contributed by atoms with Gasteiger partial charge in [0.15, 0.2) is 3.57 Å². The van der Waals surface area contributed by atoms with Crippen LogP contribution in [-0.4, -0.2) is 17.9 Å². The third-order valence-corrected chi connectivity index (χ3v) is 4.70. The van der Waals surface area contributed by atoms with Gasteiger partial charge in [-0.05, 0) is 19.4 Å². The fourth-order valence-corrected chi connectivity index (χ4v) is 3.53. The first-order valence-electron chi connectivity index (χ1n) is 7.97. The molecular weight excluding hydrogens is 429 g/mol. The predicted octanol–water partition coefficient (Wildman–Crippen LogP) is -0.698. The molecule has 0 fully saturated rings. The molecule has 2 aromatic rings. The number of allylic oxidation sites excluding steroid dienone is 1. The number of nitriles is 1. The van der Waals surface area contributed by atoms with Crippen molar-refractivity contribution in [1.29, 1.82) is 5.26 Å². The van der Waals surface area contributed by atoms with Crippen LogP contribution in [0.25, 0.3) is 5.57 Å². The van der Waals surface area contributed by atoms with E-state index >= 15 is 0 Å². The molecule has 0 bridgehead atoms. The minimum atomic E-state index is 0.583. The Morgan fingerprint density at radius 3 is 3.08 bits per heavy atom. The van der Waals surface area contributed by atoms with Gasteiger partial charge in [-0.15, -0.1) is 0 Å². The molecule has 1 aromatic carbocycles. The Morgan fingerprint density at radius 1 is 1.48 bits per heavy atom. The summed E-state index contributed by atoms with van der Waals surface area (Å²) in [4.78, 5) is 10.8. The zero-order valence-corrected chi connectivity index (χ0v) is 16.2. The van der Waals surface area contributed by atoms with Crippen LogP contribution in [0, 0.1) is 14.9 Å². The maximum Gasteiger partial charge on any atom is 0.296 e. The van der Waals surface area contributed by atoms with Gasteiger partial charge < -0.3 is 15.1 Å². The van der Waals surface area contributed by atoms with E-state index in [1.54, 1.807) is 6.20 Å². The first-order valence-corrected chi connectivity index (χ1v) is 9.13. The Bertz CT molecular complexity index is 878. The molecule has 2 heterocycles. The van der Waals surface area contributed by atoms with E-state index in [2.05, 4.69) is 27.0 Å². The number of oxazole rings is 1. The fraction of sp³-hybridized carbons (Fsp3) is 0.278. The van der Waals surface area contributed by atoms with Crippen molar-refractivity contribution in [3.05, 3.63) is 50.9 Å². The molecule has 0 saturated carbocycles. The predicted molar refractivity (Wildman–Crippen MR) is 93.5 cm³/mol. The SMILES string of the molecule is C/C(=C\N=CN)c1nc2c(o1)CCCN(c1cc([IH+])cc(C#N)c1)C2. The van der Waals surface area contributed by atoms with Gasteiger partial charge in [0.1, 0.15) is 11.5 Å². The minimum Gasteiger partial charge on any atom is -0.441 e. The van der Waals surface area contributed by atoms with Crippen molar-refractivity contribution in [2.24, 2.45) is 10.7 Å². The summed E-state index contributed by atoms with van der Waals surface area (Å²) in [5.41, 5.74) is 8.79. The highest BCUT2D eigenvalue weighted by molar-refractivity contribution is 5.60. The van der Waals surface area contributed by atoms with Gasteiger partial charge in [-0.25, -0.2) is 9.98 Å². The van der Waals surface area contributed by atoms with E-state index in [9.17, 15) is 5.26 Å². The third-order valence-electron chi connectivity index (χ3n) is 4.03. The largest absolute Gasteiger partial charge is 0.441 e. The number of fused-ring (bicyclic) bond motifs is 1. The highest BCUT2D eigenvalue weighted by Crippen LogP contribution is 2.27. The van der Waals surface area contributed by atoms with Crippen LogP contribution in [0.5, 0.6) is 0 Å². The van der Waals surface area contributed by atoms with Crippen LogP contribution in [-0.2, 0) is 13.0 Å². The zero-order valence-electron chi connectivity index (χ0n) is 13.9. The van der Waals surface area contributed by atoms with E-state index < -0.39 is 0 Å². The van der Waals surface area contributed by atoms with Crippen molar-refractivity contribution in [3.63, 3.8) is 0 Å². The lowest BCUT2D eigenvalue weighted by atomic mass is 10.2. The normalized spacial score (nSPS) is 15.1. The lowest BCUT2D eigenvalue weighted by molar-refractivity contribution is -0.328. The molecular formula is C18H19IN5O+. The standard InChI is InChI=1S/C18H19IN5O/c1-12(9-22-11-21)18-23-16-10-24(4-2-3-17(16)25-18)15-6-13(8-20)5-14(19)7-15/h5-7,9,11,19H,2-4,10H2,1H3,(H2,21,22)/q+1/b12-9+. The van der Waals surface area contributed by atoms with Gasteiger partial charge >= 0.3 is 0 Å². The zero-order chi connectivity index (χ0) is 17.8. The molecule has 0 amide bonds. The second-order valence-corrected chi connectivity index (χ2v) is 7.20. The summed E-state index contributed by atoms with van der Waals surface area (Å²) >= 11 is 1.93. The molecule has 0 saturated heterocycles. The summed E-state index contributed by atoms with van der Waals surface area (Å²) in [7, 11) is 0. The summed E-state index contributed by atoms with van der Waals surface area (Å²) in [5.74, 6) is 1.51. The van der Waals surface area contributed by atoms with Crippen molar-refractivity contribution in [2.75, 3.05) is 11.4 Å². The van der Waals surface area contributed by atoms with Crippen molar-refractivity contribution in [2.45, 2.75) is 26.3 Å². The Hall–Kier alpha value is -2.34. The highest BCUT2D eigenvalue weighted by Gasteiger charge is 2.22. The number of halogens is 1. The highest BCUT2D eigenvalue weighted by atomic mass is 127. The summed E-state index contributed by atoms with van der Waals surface area (Å²) in [5, 5.41) is 9.21. The number of aliphatic imine (C=N–C) groups is 1. The number of nitrogens with zero attached hydrogens (tertiary/aromatic N) is 4. The van der Waals surface area contributed by atoms with Crippen LogP contribution in [0.2, 0.25) is 0 Å². The average Bonchev–Trinajstić information content (AvgIpc) is 2.90. The number of hydrogen-bond acceptors (Lipinski definition) is 5. The molecule has 6 nitrogen and oxygen atoms in total.